The van der Waals surface area contributed by atoms with Gasteiger partial charge in [0.05, 0.1) is 16.4 Å². The van der Waals surface area contributed by atoms with Gasteiger partial charge in [-0.2, -0.15) is 0 Å². The molecule has 2 aromatic carbocycles. The summed E-state index contributed by atoms with van der Waals surface area (Å²) in [5.74, 6) is -0.840. The van der Waals surface area contributed by atoms with Gasteiger partial charge in [-0.15, -0.1) is 0 Å². The molecule has 0 fully saturated rings. The Bertz CT molecular complexity index is 1500. The number of halogens is 3. The summed E-state index contributed by atoms with van der Waals surface area (Å²) in [7, 11) is 1.74. The molecule has 0 saturated carbocycles. The van der Waals surface area contributed by atoms with Gasteiger partial charge in [0.15, 0.2) is 0 Å². The van der Waals surface area contributed by atoms with Crippen molar-refractivity contribution in [3.8, 4) is 5.69 Å². The molecule has 180 valence electrons. The van der Waals surface area contributed by atoms with Crippen LogP contribution in [0.4, 0.5) is 30.8 Å². The number of fused-ring (bicyclic) bond motifs is 1. The first-order chi connectivity index (χ1) is 16.7. The molecule has 4 aromatic rings. The van der Waals surface area contributed by atoms with Crippen LogP contribution in [-0.4, -0.2) is 22.6 Å². The monoisotopic (exact) mass is 497 g/mol. The molecular formula is C25H22ClF2N5O2. The van der Waals surface area contributed by atoms with E-state index in [9.17, 15) is 18.4 Å². The van der Waals surface area contributed by atoms with Crippen LogP contribution < -0.4 is 21.5 Å². The molecule has 0 saturated heterocycles. The fraction of sp³-hybridized carbons (Fsp3) is 0.160. The SMILES string of the molecule is CNc1cc2c(C(C)C)c(=O)n(-c3cc(NC(=O)Nc4cccc(F)c4)c(F)cc3Cl)cc2cn1. The summed E-state index contributed by atoms with van der Waals surface area (Å²) < 4.78 is 29.4. The topological polar surface area (TPSA) is 88.0 Å². The second-order valence-corrected chi connectivity index (χ2v) is 8.56. The van der Waals surface area contributed by atoms with Crippen molar-refractivity contribution in [2.24, 2.45) is 0 Å². The third-order valence-electron chi connectivity index (χ3n) is 5.40. The number of nitrogens with zero attached hydrogens (tertiary/aromatic N) is 2. The molecule has 0 spiro atoms. The highest BCUT2D eigenvalue weighted by Gasteiger charge is 2.19. The first-order valence-corrected chi connectivity index (χ1v) is 11.1. The third kappa shape index (κ3) is 4.95. The number of aromatic nitrogens is 2. The highest BCUT2D eigenvalue weighted by molar-refractivity contribution is 6.32. The maximum Gasteiger partial charge on any atom is 0.323 e. The molecule has 2 aromatic heterocycles. The van der Waals surface area contributed by atoms with Gasteiger partial charge in [0.1, 0.15) is 17.5 Å². The van der Waals surface area contributed by atoms with Crippen molar-refractivity contribution < 1.29 is 13.6 Å². The lowest BCUT2D eigenvalue weighted by Gasteiger charge is -2.17. The first kappa shape index (κ1) is 24.2. The molecule has 7 nitrogen and oxygen atoms in total. The Morgan fingerprint density at radius 2 is 1.89 bits per heavy atom. The lowest BCUT2D eigenvalue weighted by Crippen LogP contribution is -2.24. The van der Waals surface area contributed by atoms with Crippen LogP contribution in [0.25, 0.3) is 16.5 Å². The number of nitrogens with one attached hydrogen (secondary N) is 3. The normalized spacial score (nSPS) is 11.1. The number of hydrogen-bond acceptors (Lipinski definition) is 4. The molecule has 0 aliphatic carbocycles. The van der Waals surface area contributed by atoms with Crippen molar-refractivity contribution in [1.29, 1.82) is 0 Å². The van der Waals surface area contributed by atoms with Gasteiger partial charge >= 0.3 is 6.03 Å². The number of pyridine rings is 2. The second kappa shape index (κ2) is 9.71. The number of anilines is 3. The van der Waals surface area contributed by atoms with Crippen molar-refractivity contribution in [3.63, 3.8) is 0 Å². The summed E-state index contributed by atoms with van der Waals surface area (Å²) in [6, 6.07) is 8.57. The molecule has 0 aliphatic heterocycles. The van der Waals surface area contributed by atoms with Crippen molar-refractivity contribution in [2.75, 3.05) is 23.0 Å². The molecule has 2 heterocycles. The van der Waals surface area contributed by atoms with Crippen molar-refractivity contribution in [3.05, 3.63) is 87.4 Å². The lowest BCUT2D eigenvalue weighted by molar-refractivity contribution is 0.262. The number of carbonyl (C=O) groups is 1. The zero-order valence-corrected chi connectivity index (χ0v) is 19.9. The molecule has 0 radical (unpaired) electrons. The third-order valence-corrected chi connectivity index (χ3v) is 5.71. The van der Waals surface area contributed by atoms with Crippen LogP contribution in [0, 0.1) is 11.6 Å². The molecule has 35 heavy (non-hydrogen) atoms. The highest BCUT2D eigenvalue weighted by atomic mass is 35.5. The van der Waals surface area contributed by atoms with Gasteiger partial charge in [-0.1, -0.05) is 31.5 Å². The Labute approximate surface area is 204 Å². The minimum Gasteiger partial charge on any atom is -0.373 e. The number of benzene rings is 2. The summed E-state index contributed by atoms with van der Waals surface area (Å²) in [4.78, 5) is 30.2. The van der Waals surface area contributed by atoms with E-state index in [0.29, 0.717) is 16.8 Å². The Kier molecular flexibility index (Phi) is 6.70. The minimum absolute atomic E-state index is 0.0189. The molecule has 0 atom stereocenters. The van der Waals surface area contributed by atoms with E-state index in [1.54, 1.807) is 25.5 Å². The molecular weight excluding hydrogens is 476 g/mol. The molecule has 0 bridgehead atoms. The maximum atomic E-state index is 14.7. The molecule has 4 rings (SSSR count). The van der Waals surface area contributed by atoms with E-state index in [0.717, 1.165) is 17.5 Å². The van der Waals surface area contributed by atoms with Crippen molar-refractivity contribution in [2.45, 2.75) is 19.8 Å². The second-order valence-electron chi connectivity index (χ2n) is 8.15. The standard InChI is InChI=1S/C25H22ClF2N5O2/c1-13(2)23-17-8-22(29-3)30-11-14(17)12-33(24(23)34)21-10-20(19(28)9-18(21)26)32-25(35)31-16-6-4-5-15(27)7-16/h4-13,29H,1-3H3,(H2,31,32,35). The van der Waals surface area contributed by atoms with Gasteiger partial charge < -0.3 is 16.0 Å². The van der Waals surface area contributed by atoms with Gasteiger partial charge in [0, 0.05) is 36.1 Å². The van der Waals surface area contributed by atoms with Crippen LogP contribution in [0.3, 0.4) is 0 Å². The van der Waals surface area contributed by atoms with Gasteiger partial charge in [-0.25, -0.2) is 18.6 Å². The zero-order chi connectivity index (χ0) is 25.3. The summed E-state index contributed by atoms with van der Waals surface area (Å²) in [5, 5.41) is 9.18. The van der Waals surface area contributed by atoms with E-state index in [-0.39, 0.29) is 33.6 Å². The van der Waals surface area contributed by atoms with E-state index >= 15 is 0 Å². The average Bonchev–Trinajstić information content (AvgIpc) is 2.80. The molecule has 10 heteroatoms. The van der Waals surface area contributed by atoms with Gasteiger partial charge in [0.25, 0.3) is 5.56 Å². The van der Waals surface area contributed by atoms with Crippen LogP contribution in [0.5, 0.6) is 0 Å². The van der Waals surface area contributed by atoms with Crippen LogP contribution in [-0.2, 0) is 0 Å². The Balaban J connectivity index is 1.78. The quantitative estimate of drug-likeness (QED) is 0.309. The van der Waals surface area contributed by atoms with Gasteiger partial charge in [-0.05, 0) is 47.7 Å². The lowest BCUT2D eigenvalue weighted by atomic mass is 9.99. The fourth-order valence-corrected chi connectivity index (χ4v) is 4.03. The molecule has 0 unspecified atom stereocenters. The van der Waals surface area contributed by atoms with E-state index < -0.39 is 17.7 Å². The highest BCUT2D eigenvalue weighted by Crippen LogP contribution is 2.30. The van der Waals surface area contributed by atoms with Crippen LogP contribution in [0.2, 0.25) is 5.02 Å². The zero-order valence-electron chi connectivity index (χ0n) is 19.1. The predicted molar refractivity (Wildman–Crippen MR) is 135 cm³/mol. The van der Waals surface area contributed by atoms with E-state index in [1.165, 1.54) is 28.8 Å². The Morgan fingerprint density at radius 1 is 1.11 bits per heavy atom. The van der Waals surface area contributed by atoms with Crippen molar-refractivity contribution in [1.82, 2.24) is 9.55 Å². The summed E-state index contributed by atoms with van der Waals surface area (Å²) in [5.41, 5.74) is 0.378. The number of hydrogen-bond donors (Lipinski definition) is 3. The fourth-order valence-electron chi connectivity index (χ4n) is 3.79. The first-order valence-electron chi connectivity index (χ1n) is 10.7. The molecule has 3 N–H and O–H groups in total. The Hall–Kier alpha value is -3.98. The van der Waals surface area contributed by atoms with Crippen LogP contribution in [0.1, 0.15) is 25.3 Å². The summed E-state index contributed by atoms with van der Waals surface area (Å²) in [6.45, 7) is 3.80. The maximum absolute atomic E-state index is 14.7. The summed E-state index contributed by atoms with van der Waals surface area (Å²) in [6.07, 6.45) is 3.21. The number of amides is 2. The minimum atomic E-state index is -0.800. The summed E-state index contributed by atoms with van der Waals surface area (Å²) >= 11 is 6.33. The van der Waals surface area contributed by atoms with Crippen molar-refractivity contribution >= 4 is 45.6 Å². The smallest absolute Gasteiger partial charge is 0.323 e. The predicted octanol–water partition coefficient (Wildman–Crippen LogP) is 6.13. The Morgan fingerprint density at radius 3 is 2.57 bits per heavy atom. The number of urea groups is 1. The number of rotatable bonds is 5. The van der Waals surface area contributed by atoms with E-state index in [2.05, 4.69) is 20.9 Å². The largest absolute Gasteiger partial charge is 0.373 e. The van der Waals surface area contributed by atoms with Gasteiger partial charge in [0.2, 0.25) is 0 Å². The molecule has 2 amide bonds. The van der Waals surface area contributed by atoms with Crippen LogP contribution >= 0.6 is 11.6 Å². The van der Waals surface area contributed by atoms with Gasteiger partial charge in [-0.3, -0.25) is 9.36 Å². The average molecular weight is 498 g/mol. The molecule has 0 aliphatic rings. The number of carbonyl (C=O) groups excluding carboxylic acids is 1. The van der Waals surface area contributed by atoms with Crippen LogP contribution in [0.15, 0.2) is 59.7 Å². The van der Waals surface area contributed by atoms with E-state index in [1.807, 2.05) is 13.8 Å². The van der Waals surface area contributed by atoms with E-state index in [4.69, 9.17) is 11.6 Å².